The Bertz CT molecular complexity index is 313. The quantitative estimate of drug-likeness (QED) is 0.848. The van der Waals surface area contributed by atoms with E-state index in [0.717, 1.165) is 30.0 Å². The summed E-state index contributed by atoms with van der Waals surface area (Å²) in [6, 6.07) is 2.64. The predicted molar refractivity (Wildman–Crippen MR) is 83.8 cm³/mol. The summed E-state index contributed by atoms with van der Waals surface area (Å²) >= 11 is 0. The molecule has 2 unspecified atom stereocenters. The van der Waals surface area contributed by atoms with Crippen molar-refractivity contribution < 1.29 is 0 Å². The van der Waals surface area contributed by atoms with Crippen LogP contribution in [0, 0.1) is 11.8 Å². The second kappa shape index (κ2) is 5.96. The fourth-order valence-electron chi connectivity index (χ4n) is 5.24. The molecule has 0 aromatic heterocycles. The zero-order chi connectivity index (χ0) is 13.4. The lowest BCUT2D eigenvalue weighted by Gasteiger charge is -2.47. The molecule has 114 valence electrons. The van der Waals surface area contributed by atoms with Crippen LogP contribution in [0.2, 0.25) is 0 Å². The maximum absolute atomic E-state index is 3.97. The molecule has 0 aromatic rings. The van der Waals surface area contributed by atoms with Crippen molar-refractivity contribution in [2.75, 3.05) is 13.1 Å². The van der Waals surface area contributed by atoms with Crippen molar-refractivity contribution in [2.45, 2.75) is 88.8 Å². The van der Waals surface area contributed by atoms with Crippen LogP contribution in [0.1, 0.15) is 70.6 Å². The van der Waals surface area contributed by atoms with Crippen LogP contribution in [0.5, 0.6) is 0 Å². The van der Waals surface area contributed by atoms with Crippen molar-refractivity contribution in [2.24, 2.45) is 11.8 Å². The third kappa shape index (κ3) is 2.78. The Morgan fingerprint density at radius 3 is 2.10 bits per heavy atom. The fraction of sp³-hybridized carbons (Fsp3) is 1.00. The van der Waals surface area contributed by atoms with Gasteiger partial charge >= 0.3 is 0 Å². The van der Waals surface area contributed by atoms with Gasteiger partial charge in [-0.25, -0.2) is 0 Å². The number of nitrogens with zero attached hydrogens (tertiary/aromatic N) is 1. The first-order valence-electron chi connectivity index (χ1n) is 9.41. The molecular formula is C18H32N2. The molecule has 1 saturated heterocycles. The first kappa shape index (κ1) is 13.6. The Morgan fingerprint density at radius 1 is 0.700 bits per heavy atom. The summed E-state index contributed by atoms with van der Waals surface area (Å²) in [6.45, 7) is 2.67. The van der Waals surface area contributed by atoms with Crippen LogP contribution in [-0.4, -0.2) is 36.1 Å². The van der Waals surface area contributed by atoms with Crippen molar-refractivity contribution in [3.63, 3.8) is 0 Å². The molecule has 2 atom stereocenters. The SMILES string of the molecule is C1CCC(C2CN(C3CCCC3)C(C3CC3)CN2)CC1. The lowest BCUT2D eigenvalue weighted by molar-refractivity contribution is 0.0494. The third-order valence-electron chi connectivity index (χ3n) is 6.60. The van der Waals surface area contributed by atoms with E-state index in [9.17, 15) is 0 Å². The molecule has 4 rings (SSSR count). The van der Waals surface area contributed by atoms with Gasteiger partial charge in [0.2, 0.25) is 0 Å². The van der Waals surface area contributed by atoms with E-state index in [4.69, 9.17) is 0 Å². The molecule has 0 radical (unpaired) electrons. The second-order valence-corrected chi connectivity index (χ2v) is 7.95. The van der Waals surface area contributed by atoms with E-state index < -0.39 is 0 Å². The van der Waals surface area contributed by atoms with Crippen LogP contribution < -0.4 is 5.32 Å². The van der Waals surface area contributed by atoms with Gasteiger partial charge in [0, 0.05) is 31.2 Å². The van der Waals surface area contributed by atoms with Crippen molar-refractivity contribution in [3.05, 3.63) is 0 Å². The number of rotatable bonds is 3. The summed E-state index contributed by atoms with van der Waals surface area (Å²) < 4.78 is 0. The average Bonchev–Trinajstić information content (AvgIpc) is 3.22. The van der Waals surface area contributed by atoms with Crippen LogP contribution in [0.3, 0.4) is 0 Å². The highest BCUT2D eigenvalue weighted by Crippen LogP contribution is 2.40. The minimum absolute atomic E-state index is 0.811. The minimum Gasteiger partial charge on any atom is -0.311 e. The van der Waals surface area contributed by atoms with Crippen LogP contribution in [0.4, 0.5) is 0 Å². The van der Waals surface area contributed by atoms with Gasteiger partial charge < -0.3 is 5.32 Å². The van der Waals surface area contributed by atoms with Gasteiger partial charge in [-0.05, 0) is 50.4 Å². The maximum atomic E-state index is 3.97. The summed E-state index contributed by atoms with van der Waals surface area (Å²) in [4.78, 5) is 2.99. The Labute approximate surface area is 124 Å². The van der Waals surface area contributed by atoms with Crippen LogP contribution in [0.15, 0.2) is 0 Å². The molecule has 3 saturated carbocycles. The van der Waals surface area contributed by atoms with E-state index in [1.807, 2.05) is 0 Å². The molecule has 1 heterocycles. The standard InChI is InChI=1S/C18H32N2/c1-2-6-14(7-3-1)17-13-20(16-8-4-5-9-16)18(12-19-17)15-10-11-15/h14-19H,1-13H2. The fourth-order valence-corrected chi connectivity index (χ4v) is 5.24. The van der Waals surface area contributed by atoms with Gasteiger partial charge in [0.1, 0.15) is 0 Å². The maximum Gasteiger partial charge on any atom is 0.0252 e. The van der Waals surface area contributed by atoms with Crippen molar-refractivity contribution >= 4 is 0 Å². The summed E-state index contributed by atoms with van der Waals surface area (Å²) in [7, 11) is 0. The molecule has 0 spiro atoms. The Balaban J connectivity index is 1.43. The minimum atomic E-state index is 0.811. The zero-order valence-corrected chi connectivity index (χ0v) is 13.0. The topological polar surface area (TPSA) is 15.3 Å². The average molecular weight is 276 g/mol. The molecule has 0 aromatic carbocycles. The van der Waals surface area contributed by atoms with E-state index in [0.29, 0.717) is 0 Å². The van der Waals surface area contributed by atoms with Gasteiger partial charge in [-0.2, -0.15) is 0 Å². The molecule has 2 heteroatoms. The van der Waals surface area contributed by atoms with E-state index in [2.05, 4.69) is 10.2 Å². The van der Waals surface area contributed by atoms with Crippen LogP contribution >= 0.6 is 0 Å². The predicted octanol–water partition coefficient (Wildman–Crippen LogP) is 3.56. The Morgan fingerprint density at radius 2 is 1.40 bits per heavy atom. The van der Waals surface area contributed by atoms with Crippen molar-refractivity contribution in [1.82, 2.24) is 10.2 Å². The Kier molecular flexibility index (Phi) is 4.05. The molecule has 4 fully saturated rings. The second-order valence-electron chi connectivity index (χ2n) is 7.95. The first-order valence-corrected chi connectivity index (χ1v) is 9.41. The summed E-state index contributed by atoms with van der Waals surface area (Å²) in [5.41, 5.74) is 0. The molecule has 0 amide bonds. The highest BCUT2D eigenvalue weighted by Gasteiger charge is 2.43. The Hall–Kier alpha value is -0.0800. The molecular weight excluding hydrogens is 244 g/mol. The summed E-state index contributed by atoms with van der Waals surface area (Å²) in [6.07, 6.45) is 16.4. The van der Waals surface area contributed by atoms with Gasteiger partial charge in [0.15, 0.2) is 0 Å². The molecule has 1 aliphatic heterocycles. The van der Waals surface area contributed by atoms with E-state index >= 15 is 0 Å². The van der Waals surface area contributed by atoms with Gasteiger partial charge in [-0.3, -0.25) is 4.90 Å². The first-order chi connectivity index (χ1) is 9.92. The highest BCUT2D eigenvalue weighted by atomic mass is 15.3. The van der Waals surface area contributed by atoms with E-state index in [1.54, 1.807) is 0 Å². The number of nitrogens with one attached hydrogen (secondary N) is 1. The number of hydrogen-bond donors (Lipinski definition) is 1. The largest absolute Gasteiger partial charge is 0.311 e. The molecule has 2 nitrogen and oxygen atoms in total. The zero-order valence-electron chi connectivity index (χ0n) is 13.0. The molecule has 3 aliphatic carbocycles. The smallest absolute Gasteiger partial charge is 0.0252 e. The van der Waals surface area contributed by atoms with Gasteiger partial charge in [-0.15, -0.1) is 0 Å². The number of hydrogen-bond acceptors (Lipinski definition) is 2. The lowest BCUT2D eigenvalue weighted by Crippen LogP contribution is -2.61. The monoisotopic (exact) mass is 276 g/mol. The molecule has 0 bridgehead atoms. The van der Waals surface area contributed by atoms with E-state index in [1.165, 1.54) is 83.7 Å². The van der Waals surface area contributed by atoms with Gasteiger partial charge in [0.25, 0.3) is 0 Å². The van der Waals surface area contributed by atoms with E-state index in [-0.39, 0.29) is 0 Å². The summed E-state index contributed by atoms with van der Waals surface area (Å²) in [5, 5.41) is 3.97. The molecule has 4 aliphatic rings. The molecule has 20 heavy (non-hydrogen) atoms. The normalized spacial score (nSPS) is 38.4. The van der Waals surface area contributed by atoms with Crippen molar-refractivity contribution in [3.8, 4) is 0 Å². The van der Waals surface area contributed by atoms with Crippen molar-refractivity contribution in [1.29, 1.82) is 0 Å². The summed E-state index contributed by atoms with van der Waals surface area (Å²) in [5.74, 6) is 2.02. The van der Waals surface area contributed by atoms with Crippen LogP contribution in [-0.2, 0) is 0 Å². The third-order valence-corrected chi connectivity index (χ3v) is 6.60. The molecule has 1 N–H and O–H groups in total. The van der Waals surface area contributed by atoms with Gasteiger partial charge in [-0.1, -0.05) is 32.1 Å². The van der Waals surface area contributed by atoms with Crippen LogP contribution in [0.25, 0.3) is 0 Å². The highest BCUT2D eigenvalue weighted by molar-refractivity contribution is 4.99. The van der Waals surface area contributed by atoms with Gasteiger partial charge in [0.05, 0.1) is 0 Å². The number of piperazine rings is 1. The lowest BCUT2D eigenvalue weighted by atomic mass is 9.82.